The smallest absolute Gasteiger partial charge is 0.144 e. The number of aromatic nitrogens is 3. The van der Waals surface area contributed by atoms with Crippen LogP contribution in [0.25, 0.3) is 11.0 Å². The number of benzene rings is 1. The highest BCUT2D eigenvalue weighted by molar-refractivity contribution is 9.10. The van der Waals surface area contributed by atoms with Gasteiger partial charge in [0.1, 0.15) is 17.8 Å². The summed E-state index contributed by atoms with van der Waals surface area (Å²) in [5.74, 6) is 0.831. The summed E-state index contributed by atoms with van der Waals surface area (Å²) in [6.45, 7) is 0.741. The number of hydrogen-bond donors (Lipinski definition) is 2. The number of hydrogen-bond acceptors (Lipinski definition) is 3. The Hall–Kier alpha value is -1.88. The monoisotopic (exact) mass is 302 g/mol. The number of nitrogens with zero attached hydrogens (tertiary/aromatic N) is 2. The van der Waals surface area contributed by atoms with Crippen molar-refractivity contribution in [3.05, 3.63) is 52.9 Å². The molecule has 0 aliphatic carbocycles. The first-order chi connectivity index (χ1) is 8.84. The van der Waals surface area contributed by atoms with Crippen LogP contribution in [0.2, 0.25) is 0 Å². The maximum Gasteiger partial charge on any atom is 0.144 e. The predicted molar refractivity (Wildman–Crippen MR) is 75.4 cm³/mol. The molecule has 90 valence electrons. The van der Waals surface area contributed by atoms with Gasteiger partial charge in [-0.2, -0.15) is 0 Å². The number of rotatable bonds is 3. The summed E-state index contributed by atoms with van der Waals surface area (Å²) in [4.78, 5) is 11.6. The van der Waals surface area contributed by atoms with E-state index in [0.29, 0.717) is 0 Å². The van der Waals surface area contributed by atoms with Gasteiger partial charge in [0.05, 0.1) is 5.39 Å². The van der Waals surface area contributed by atoms with E-state index in [-0.39, 0.29) is 0 Å². The first-order valence-corrected chi connectivity index (χ1v) is 6.39. The molecule has 2 heterocycles. The molecular formula is C13H11BrN4. The number of H-pyrrole nitrogens is 1. The summed E-state index contributed by atoms with van der Waals surface area (Å²) in [5.41, 5.74) is 2.04. The summed E-state index contributed by atoms with van der Waals surface area (Å²) in [7, 11) is 0. The standard InChI is InChI=1S/C13H11BrN4/c14-10-7-16-13-11(10)12(17-8-18-13)15-6-9-4-2-1-3-5-9/h1-5,7-8H,6H2,(H2,15,16,17,18). The van der Waals surface area contributed by atoms with Crippen molar-refractivity contribution in [1.29, 1.82) is 0 Å². The predicted octanol–water partition coefficient (Wildman–Crippen LogP) is 3.33. The molecule has 2 aromatic heterocycles. The second kappa shape index (κ2) is 4.78. The Balaban J connectivity index is 1.89. The SMILES string of the molecule is Brc1c[nH]c2ncnc(NCc3ccccc3)c12. The molecule has 5 heteroatoms. The first kappa shape index (κ1) is 11.2. The maximum atomic E-state index is 4.28. The highest BCUT2D eigenvalue weighted by atomic mass is 79.9. The molecule has 0 fully saturated rings. The van der Waals surface area contributed by atoms with Crippen LogP contribution >= 0.6 is 15.9 Å². The van der Waals surface area contributed by atoms with E-state index in [1.54, 1.807) is 6.33 Å². The summed E-state index contributed by atoms with van der Waals surface area (Å²) < 4.78 is 0.966. The zero-order chi connectivity index (χ0) is 12.4. The zero-order valence-electron chi connectivity index (χ0n) is 9.52. The van der Waals surface area contributed by atoms with Crippen molar-refractivity contribution in [2.45, 2.75) is 6.54 Å². The lowest BCUT2D eigenvalue weighted by Gasteiger charge is -2.06. The molecule has 0 unspecified atom stereocenters. The summed E-state index contributed by atoms with van der Waals surface area (Å²) >= 11 is 3.49. The molecule has 1 aromatic carbocycles. The fourth-order valence-electron chi connectivity index (χ4n) is 1.84. The molecule has 0 amide bonds. The normalized spacial score (nSPS) is 10.7. The van der Waals surface area contributed by atoms with E-state index in [9.17, 15) is 0 Å². The Labute approximate surface area is 113 Å². The minimum atomic E-state index is 0.741. The minimum absolute atomic E-state index is 0.741. The zero-order valence-corrected chi connectivity index (χ0v) is 11.1. The number of nitrogens with one attached hydrogen (secondary N) is 2. The van der Waals surface area contributed by atoms with Gasteiger partial charge in [-0.25, -0.2) is 9.97 Å². The Morgan fingerprint density at radius 2 is 2.00 bits per heavy atom. The fraction of sp³-hybridized carbons (Fsp3) is 0.0769. The Morgan fingerprint density at radius 3 is 2.83 bits per heavy atom. The van der Waals surface area contributed by atoms with Crippen molar-refractivity contribution >= 4 is 32.8 Å². The van der Waals surface area contributed by atoms with Crippen LogP contribution in [0, 0.1) is 0 Å². The number of fused-ring (bicyclic) bond motifs is 1. The van der Waals surface area contributed by atoms with E-state index >= 15 is 0 Å². The minimum Gasteiger partial charge on any atom is -0.365 e. The molecule has 0 bridgehead atoms. The van der Waals surface area contributed by atoms with E-state index in [0.717, 1.165) is 27.9 Å². The Bertz CT molecular complexity index is 663. The van der Waals surface area contributed by atoms with Crippen molar-refractivity contribution in [3.8, 4) is 0 Å². The lowest BCUT2D eigenvalue weighted by Crippen LogP contribution is -2.02. The largest absolute Gasteiger partial charge is 0.365 e. The van der Waals surface area contributed by atoms with Gasteiger partial charge < -0.3 is 10.3 Å². The Kier molecular flexibility index (Phi) is 2.98. The van der Waals surface area contributed by atoms with Crippen LogP contribution in [-0.2, 0) is 6.54 Å². The Morgan fingerprint density at radius 1 is 1.17 bits per heavy atom. The molecule has 0 saturated heterocycles. The van der Waals surface area contributed by atoms with Gasteiger partial charge in [0.2, 0.25) is 0 Å². The van der Waals surface area contributed by atoms with Gasteiger partial charge in [0.25, 0.3) is 0 Å². The molecule has 18 heavy (non-hydrogen) atoms. The van der Waals surface area contributed by atoms with Gasteiger partial charge in [0, 0.05) is 17.2 Å². The lowest BCUT2D eigenvalue weighted by atomic mass is 10.2. The van der Waals surface area contributed by atoms with Gasteiger partial charge in [-0.1, -0.05) is 30.3 Å². The molecule has 0 radical (unpaired) electrons. The van der Waals surface area contributed by atoms with Crippen LogP contribution in [0.1, 0.15) is 5.56 Å². The third-order valence-electron chi connectivity index (χ3n) is 2.72. The van der Waals surface area contributed by atoms with Gasteiger partial charge in [-0.05, 0) is 21.5 Å². The van der Waals surface area contributed by atoms with Crippen molar-refractivity contribution in [3.63, 3.8) is 0 Å². The first-order valence-electron chi connectivity index (χ1n) is 5.60. The van der Waals surface area contributed by atoms with E-state index in [2.05, 4.69) is 48.3 Å². The van der Waals surface area contributed by atoms with Gasteiger partial charge in [0.15, 0.2) is 0 Å². The molecule has 0 spiro atoms. The summed E-state index contributed by atoms with van der Waals surface area (Å²) in [5, 5.41) is 4.31. The molecule has 0 aliphatic rings. The number of anilines is 1. The second-order valence-corrected chi connectivity index (χ2v) is 4.78. The van der Waals surface area contributed by atoms with E-state index in [4.69, 9.17) is 0 Å². The topological polar surface area (TPSA) is 53.6 Å². The molecule has 3 rings (SSSR count). The highest BCUT2D eigenvalue weighted by Gasteiger charge is 2.08. The van der Waals surface area contributed by atoms with Crippen LogP contribution in [0.3, 0.4) is 0 Å². The molecule has 2 N–H and O–H groups in total. The van der Waals surface area contributed by atoms with Crippen LogP contribution < -0.4 is 5.32 Å². The third kappa shape index (κ3) is 2.09. The lowest BCUT2D eigenvalue weighted by molar-refractivity contribution is 1.10. The van der Waals surface area contributed by atoms with Gasteiger partial charge >= 0.3 is 0 Å². The average Bonchev–Trinajstić information content (AvgIpc) is 2.80. The average molecular weight is 303 g/mol. The van der Waals surface area contributed by atoms with Gasteiger partial charge in [-0.3, -0.25) is 0 Å². The molecule has 0 saturated carbocycles. The van der Waals surface area contributed by atoms with E-state index in [1.165, 1.54) is 5.56 Å². The number of aromatic amines is 1. The summed E-state index contributed by atoms with van der Waals surface area (Å²) in [6, 6.07) is 10.2. The van der Waals surface area contributed by atoms with Crippen LogP contribution in [0.15, 0.2) is 47.3 Å². The van der Waals surface area contributed by atoms with Crippen molar-refractivity contribution in [1.82, 2.24) is 15.0 Å². The van der Waals surface area contributed by atoms with Crippen LogP contribution in [0.4, 0.5) is 5.82 Å². The van der Waals surface area contributed by atoms with Crippen molar-refractivity contribution in [2.75, 3.05) is 5.32 Å². The molecule has 0 atom stereocenters. The third-order valence-corrected chi connectivity index (χ3v) is 3.35. The summed E-state index contributed by atoms with van der Waals surface area (Å²) in [6.07, 6.45) is 3.42. The van der Waals surface area contributed by atoms with Crippen LogP contribution in [-0.4, -0.2) is 15.0 Å². The fourth-order valence-corrected chi connectivity index (χ4v) is 2.33. The quantitative estimate of drug-likeness (QED) is 0.780. The van der Waals surface area contributed by atoms with Gasteiger partial charge in [-0.15, -0.1) is 0 Å². The maximum absolute atomic E-state index is 4.28. The van der Waals surface area contributed by atoms with Crippen LogP contribution in [0.5, 0.6) is 0 Å². The van der Waals surface area contributed by atoms with Crippen molar-refractivity contribution in [2.24, 2.45) is 0 Å². The highest BCUT2D eigenvalue weighted by Crippen LogP contribution is 2.27. The molecular weight excluding hydrogens is 292 g/mol. The van der Waals surface area contributed by atoms with E-state index in [1.807, 2.05) is 24.4 Å². The molecule has 4 nitrogen and oxygen atoms in total. The van der Waals surface area contributed by atoms with E-state index < -0.39 is 0 Å². The second-order valence-electron chi connectivity index (χ2n) is 3.92. The van der Waals surface area contributed by atoms with Crippen molar-refractivity contribution < 1.29 is 0 Å². The molecule has 3 aromatic rings. The number of halogens is 1. The molecule has 0 aliphatic heterocycles.